The molecule has 3 heteroatoms. The summed E-state index contributed by atoms with van der Waals surface area (Å²) < 4.78 is 0. The first-order valence-electron chi connectivity index (χ1n) is 2.44. The first kappa shape index (κ1) is 11.8. The normalized spacial score (nSPS) is 7.25. The molecular weight excluding hydrogens is 129 g/mol. The molecule has 0 aliphatic heterocycles. The van der Waals surface area contributed by atoms with E-state index in [0.29, 0.717) is 6.42 Å². The van der Waals surface area contributed by atoms with Crippen LogP contribution in [0.5, 0.6) is 0 Å². The number of rotatable bonds is 2. The van der Waals surface area contributed by atoms with Crippen molar-refractivity contribution in [3.8, 4) is 0 Å². The summed E-state index contributed by atoms with van der Waals surface area (Å²) in [5.74, 6) is 0.00231. The van der Waals surface area contributed by atoms with Gasteiger partial charge in [0.15, 0.2) is 0 Å². The fourth-order valence-electron chi connectivity index (χ4n) is 0.326. The van der Waals surface area contributed by atoms with E-state index < -0.39 is 0 Å². The molecule has 0 saturated carbocycles. The molecule has 2 nitrogen and oxygen atoms in total. The van der Waals surface area contributed by atoms with Crippen molar-refractivity contribution in [2.24, 2.45) is 0 Å². The average Bonchev–Trinajstić information content (AvgIpc) is 1.68. The number of amides is 1. The number of hydrogen-bond donors (Lipinski definition) is 0. The fourth-order valence-corrected chi connectivity index (χ4v) is 0.326. The van der Waals surface area contributed by atoms with Crippen LogP contribution in [0.4, 0.5) is 0 Å². The third kappa shape index (κ3) is 7.11. The molecule has 0 atom stereocenters. The van der Waals surface area contributed by atoms with Gasteiger partial charge in [0.05, 0.1) is 0 Å². The van der Waals surface area contributed by atoms with Crippen LogP contribution in [0.15, 0.2) is 0 Å². The van der Waals surface area contributed by atoms with E-state index in [1.807, 2.05) is 6.92 Å². The summed E-state index contributed by atoms with van der Waals surface area (Å²) in [7, 11) is 1.53. The number of hydrogen-bond acceptors (Lipinski definition) is 1. The predicted octanol–water partition coefficient (Wildman–Crippen LogP) is -0.101. The van der Waals surface area contributed by atoms with Crippen LogP contribution in [-0.2, 0) is 4.79 Å². The summed E-state index contributed by atoms with van der Waals surface area (Å²) in [6.07, 6.45) is 1.49. The van der Waals surface area contributed by atoms with Gasteiger partial charge in [0.2, 0.25) is 5.91 Å². The Morgan fingerprint density at radius 3 is 2.25 bits per heavy atom. The number of nitrogens with zero attached hydrogens (tertiary/aromatic N) is 1. The Labute approximate surface area is 92.8 Å². The van der Waals surface area contributed by atoms with Crippen molar-refractivity contribution < 1.29 is 4.79 Å². The molecule has 0 unspecified atom stereocenters. The molecule has 0 bridgehead atoms. The predicted molar refractivity (Wildman–Crippen MR) is 35.1 cm³/mol. The van der Waals surface area contributed by atoms with E-state index in [9.17, 15) is 4.79 Å². The zero-order valence-corrected chi connectivity index (χ0v) is 4.77. The Hall–Kier alpha value is 1.11. The molecule has 0 aromatic rings. The minimum atomic E-state index is 0. The van der Waals surface area contributed by atoms with Crippen molar-refractivity contribution in [1.29, 1.82) is 0 Å². The summed E-state index contributed by atoms with van der Waals surface area (Å²) >= 11 is 0. The number of carbonyl (C=O) groups is 1. The number of carbonyl (C=O) groups excluding carboxylic acids is 1. The topological polar surface area (TPSA) is 31.2 Å². The van der Waals surface area contributed by atoms with Crippen LogP contribution in [0.3, 0.4) is 0 Å². The first-order valence-corrected chi connectivity index (χ1v) is 2.44. The molecule has 8 heavy (non-hydrogen) atoms. The van der Waals surface area contributed by atoms with Gasteiger partial charge in [0.25, 0.3) is 0 Å². The maximum absolute atomic E-state index is 10.2. The van der Waals surface area contributed by atoms with Crippen molar-refractivity contribution >= 4 is 57.3 Å². The van der Waals surface area contributed by atoms with Crippen LogP contribution in [0.25, 0.3) is 0 Å². The van der Waals surface area contributed by atoms with Gasteiger partial charge in [-0.1, -0.05) is 6.92 Å². The Balaban J connectivity index is 0. The van der Waals surface area contributed by atoms with Crippen molar-refractivity contribution in [3.63, 3.8) is 0 Å². The zero-order chi connectivity index (χ0) is 5.70. The van der Waals surface area contributed by atoms with Crippen molar-refractivity contribution in [2.45, 2.75) is 19.8 Å². The Kier molecular flexibility index (Phi) is 12.0. The average molecular weight is 140 g/mol. The van der Waals surface area contributed by atoms with Crippen LogP contribution in [0.1, 0.15) is 19.8 Å². The van der Waals surface area contributed by atoms with E-state index in [2.05, 4.69) is 5.32 Å². The van der Waals surface area contributed by atoms with E-state index in [4.69, 9.17) is 0 Å². The van der Waals surface area contributed by atoms with E-state index in [1.54, 1.807) is 0 Å². The Morgan fingerprint density at radius 1 is 1.62 bits per heavy atom. The summed E-state index contributed by atoms with van der Waals surface area (Å²) in [6.45, 7) is 1.96. The van der Waals surface area contributed by atoms with E-state index >= 15 is 0 Å². The second-order valence-corrected chi connectivity index (χ2v) is 1.37. The van der Waals surface area contributed by atoms with Gasteiger partial charge < -0.3 is 0 Å². The van der Waals surface area contributed by atoms with Crippen LogP contribution in [0, 0.1) is 0 Å². The second kappa shape index (κ2) is 8.11. The SMILES string of the molecule is CCCC(=O)[N]C.[KH]. The molecule has 0 aliphatic rings. The van der Waals surface area contributed by atoms with Crippen molar-refractivity contribution in [3.05, 3.63) is 0 Å². The molecule has 43 valence electrons. The quantitative estimate of drug-likeness (QED) is 0.493. The molecule has 0 saturated heterocycles. The molecule has 0 heterocycles. The Bertz CT molecular complexity index is 65.4. The first-order chi connectivity index (χ1) is 3.31. The van der Waals surface area contributed by atoms with E-state index in [0.717, 1.165) is 6.42 Å². The van der Waals surface area contributed by atoms with Gasteiger partial charge >= 0.3 is 51.4 Å². The third-order valence-electron chi connectivity index (χ3n) is 0.713. The third-order valence-corrected chi connectivity index (χ3v) is 0.713. The molecule has 0 aromatic heterocycles. The molecule has 0 aromatic carbocycles. The van der Waals surface area contributed by atoms with Crippen LogP contribution < -0.4 is 5.32 Å². The van der Waals surface area contributed by atoms with Gasteiger partial charge in [-0.2, -0.15) is 0 Å². The summed E-state index contributed by atoms with van der Waals surface area (Å²) in [4.78, 5) is 10.2. The minimum absolute atomic E-state index is 0. The van der Waals surface area contributed by atoms with Crippen molar-refractivity contribution in [2.75, 3.05) is 7.05 Å². The van der Waals surface area contributed by atoms with Gasteiger partial charge in [0, 0.05) is 13.5 Å². The molecule has 1 radical (unpaired) electrons. The van der Waals surface area contributed by atoms with Gasteiger partial charge in [-0.3, -0.25) is 10.1 Å². The summed E-state index contributed by atoms with van der Waals surface area (Å²) in [6, 6.07) is 0. The molecule has 1 amide bonds. The zero-order valence-electron chi connectivity index (χ0n) is 4.77. The van der Waals surface area contributed by atoms with E-state index in [-0.39, 0.29) is 57.3 Å². The fraction of sp³-hybridized carbons (Fsp3) is 0.800. The molecule has 0 rings (SSSR count). The molecule has 0 aliphatic carbocycles. The molecule has 0 N–H and O–H groups in total. The van der Waals surface area contributed by atoms with Crippen molar-refractivity contribution in [1.82, 2.24) is 5.32 Å². The van der Waals surface area contributed by atoms with Gasteiger partial charge in [-0.05, 0) is 6.42 Å². The standard InChI is InChI=1S/C5H10NO.K.H/c1-3-4-5(7)6-2;;/h3-4H2,1-2H3;;. The van der Waals surface area contributed by atoms with Gasteiger partial charge in [-0.15, -0.1) is 0 Å². The Morgan fingerprint density at radius 2 is 2.12 bits per heavy atom. The molecule has 0 spiro atoms. The summed E-state index contributed by atoms with van der Waals surface area (Å²) in [5.41, 5.74) is 0. The van der Waals surface area contributed by atoms with Crippen LogP contribution in [-0.4, -0.2) is 64.3 Å². The van der Waals surface area contributed by atoms with Gasteiger partial charge in [0.1, 0.15) is 0 Å². The molecular formula is C5H11KNO. The van der Waals surface area contributed by atoms with Crippen LogP contribution >= 0.6 is 0 Å². The maximum atomic E-state index is 10.2. The second-order valence-electron chi connectivity index (χ2n) is 1.37. The van der Waals surface area contributed by atoms with Gasteiger partial charge in [-0.25, -0.2) is 0 Å². The van der Waals surface area contributed by atoms with E-state index in [1.165, 1.54) is 7.05 Å². The molecule has 0 fully saturated rings. The monoisotopic (exact) mass is 140 g/mol. The van der Waals surface area contributed by atoms with Crippen LogP contribution in [0.2, 0.25) is 0 Å². The summed E-state index contributed by atoms with van der Waals surface area (Å²) in [5, 5.41) is 3.44.